The van der Waals surface area contributed by atoms with Crippen LogP contribution in [0.2, 0.25) is 0 Å². The molecule has 1 aliphatic rings. The predicted molar refractivity (Wildman–Crippen MR) is 93.3 cm³/mol. The molecule has 3 nitrogen and oxygen atoms in total. The second kappa shape index (κ2) is 7.37. The molecule has 0 N–H and O–H groups in total. The topological polar surface area (TPSA) is 35.5 Å². The van der Waals surface area contributed by atoms with Gasteiger partial charge in [-0.3, -0.25) is 4.79 Å². The van der Waals surface area contributed by atoms with Crippen LogP contribution in [0.5, 0.6) is 11.5 Å². The number of carbonyl (C=O) groups excluding carboxylic acids is 1. The smallest absolute Gasteiger partial charge is 0.161 e. The first-order valence-corrected chi connectivity index (χ1v) is 8.75. The highest BCUT2D eigenvalue weighted by Crippen LogP contribution is 2.49. The van der Waals surface area contributed by atoms with Crippen LogP contribution in [0.3, 0.4) is 0 Å². The van der Waals surface area contributed by atoms with Gasteiger partial charge in [-0.1, -0.05) is 39.7 Å². The molecule has 3 atom stereocenters. The molecule has 2 rings (SSSR count). The van der Waals surface area contributed by atoms with Crippen LogP contribution < -0.4 is 9.47 Å². The number of carbonyl (C=O) groups is 1. The van der Waals surface area contributed by atoms with Gasteiger partial charge in [0.05, 0.1) is 14.2 Å². The third-order valence-electron chi connectivity index (χ3n) is 5.88. The maximum absolute atomic E-state index is 12.2. The molecule has 1 aromatic carbocycles. The first-order chi connectivity index (χ1) is 11.0. The molecule has 2 unspecified atom stereocenters. The van der Waals surface area contributed by atoms with E-state index < -0.39 is 0 Å². The summed E-state index contributed by atoms with van der Waals surface area (Å²) < 4.78 is 10.9. The SMILES string of the molecule is CCCC[C@]1(c2ccc(OC)c(OC)c2)CCC(=O)C(C)C1C. The van der Waals surface area contributed by atoms with E-state index in [1.54, 1.807) is 14.2 Å². The van der Waals surface area contributed by atoms with Gasteiger partial charge in [-0.25, -0.2) is 0 Å². The van der Waals surface area contributed by atoms with Crippen molar-refractivity contribution in [3.8, 4) is 11.5 Å². The molecule has 0 bridgehead atoms. The van der Waals surface area contributed by atoms with Gasteiger partial charge in [-0.05, 0) is 41.9 Å². The highest BCUT2D eigenvalue weighted by Gasteiger charge is 2.45. The molecule has 0 aliphatic heterocycles. The monoisotopic (exact) mass is 318 g/mol. The van der Waals surface area contributed by atoms with Crippen molar-refractivity contribution in [2.75, 3.05) is 14.2 Å². The van der Waals surface area contributed by atoms with E-state index in [-0.39, 0.29) is 11.3 Å². The molecule has 1 fully saturated rings. The van der Waals surface area contributed by atoms with Crippen LogP contribution >= 0.6 is 0 Å². The minimum atomic E-state index is 0.0584. The van der Waals surface area contributed by atoms with Crippen molar-refractivity contribution < 1.29 is 14.3 Å². The van der Waals surface area contributed by atoms with Gasteiger partial charge in [0, 0.05) is 12.3 Å². The van der Waals surface area contributed by atoms with Crippen LogP contribution in [0.4, 0.5) is 0 Å². The lowest BCUT2D eigenvalue weighted by Gasteiger charge is -2.46. The molecule has 0 aromatic heterocycles. The molecular formula is C20H30O3. The summed E-state index contributed by atoms with van der Waals surface area (Å²) in [6.45, 7) is 6.56. The summed E-state index contributed by atoms with van der Waals surface area (Å²) in [5.74, 6) is 2.40. The summed E-state index contributed by atoms with van der Waals surface area (Å²) >= 11 is 0. The fourth-order valence-electron chi connectivity index (χ4n) is 4.10. The Morgan fingerprint density at radius 1 is 1.17 bits per heavy atom. The molecule has 1 saturated carbocycles. The zero-order chi connectivity index (χ0) is 17.0. The van der Waals surface area contributed by atoms with Crippen molar-refractivity contribution in [3.63, 3.8) is 0 Å². The Kier molecular flexibility index (Phi) is 5.72. The minimum absolute atomic E-state index is 0.0584. The number of rotatable bonds is 6. The normalized spacial score (nSPS) is 27.8. The summed E-state index contributed by atoms with van der Waals surface area (Å²) in [6, 6.07) is 6.28. The maximum Gasteiger partial charge on any atom is 0.161 e. The number of unbranched alkanes of at least 4 members (excludes halogenated alkanes) is 1. The lowest BCUT2D eigenvalue weighted by molar-refractivity contribution is -0.128. The van der Waals surface area contributed by atoms with Crippen LogP contribution in [-0.2, 0) is 10.2 Å². The molecular weight excluding hydrogens is 288 g/mol. The van der Waals surface area contributed by atoms with E-state index in [0.717, 1.165) is 24.3 Å². The third kappa shape index (κ3) is 3.24. The summed E-state index contributed by atoms with van der Waals surface area (Å²) in [6.07, 6.45) is 5.10. The van der Waals surface area contributed by atoms with Gasteiger partial charge in [0.2, 0.25) is 0 Å². The van der Waals surface area contributed by atoms with Gasteiger partial charge in [0.15, 0.2) is 11.5 Å². The van der Waals surface area contributed by atoms with Crippen molar-refractivity contribution in [3.05, 3.63) is 23.8 Å². The number of hydrogen-bond donors (Lipinski definition) is 0. The van der Waals surface area contributed by atoms with Crippen LogP contribution in [0.25, 0.3) is 0 Å². The van der Waals surface area contributed by atoms with E-state index in [9.17, 15) is 4.79 Å². The summed E-state index contributed by atoms with van der Waals surface area (Å²) in [4.78, 5) is 12.2. The highest BCUT2D eigenvalue weighted by molar-refractivity contribution is 5.82. The van der Waals surface area contributed by atoms with Gasteiger partial charge >= 0.3 is 0 Å². The number of benzene rings is 1. The van der Waals surface area contributed by atoms with Crippen LogP contribution in [0.15, 0.2) is 18.2 Å². The Morgan fingerprint density at radius 2 is 1.87 bits per heavy atom. The van der Waals surface area contributed by atoms with Gasteiger partial charge < -0.3 is 9.47 Å². The van der Waals surface area contributed by atoms with Gasteiger partial charge in [0.1, 0.15) is 5.78 Å². The summed E-state index contributed by atoms with van der Waals surface area (Å²) in [7, 11) is 3.34. The lowest BCUT2D eigenvalue weighted by atomic mass is 9.57. The number of hydrogen-bond acceptors (Lipinski definition) is 3. The van der Waals surface area contributed by atoms with Crippen molar-refractivity contribution in [2.45, 2.75) is 58.3 Å². The molecule has 3 heteroatoms. The number of methoxy groups -OCH3 is 2. The van der Waals surface area contributed by atoms with Crippen molar-refractivity contribution in [1.29, 1.82) is 0 Å². The summed E-state index contributed by atoms with van der Waals surface area (Å²) in [5.41, 5.74) is 1.35. The molecule has 0 spiro atoms. The largest absolute Gasteiger partial charge is 0.493 e. The zero-order valence-corrected chi connectivity index (χ0v) is 15.1. The van der Waals surface area contributed by atoms with E-state index in [1.807, 2.05) is 6.07 Å². The maximum atomic E-state index is 12.2. The van der Waals surface area contributed by atoms with E-state index in [2.05, 4.69) is 32.9 Å². The Hall–Kier alpha value is -1.51. The van der Waals surface area contributed by atoms with Crippen LogP contribution in [-0.4, -0.2) is 20.0 Å². The van der Waals surface area contributed by atoms with Crippen molar-refractivity contribution in [2.24, 2.45) is 11.8 Å². The average Bonchev–Trinajstić information content (AvgIpc) is 2.59. The van der Waals surface area contributed by atoms with Crippen LogP contribution in [0.1, 0.15) is 58.4 Å². The average molecular weight is 318 g/mol. The standard InChI is InChI=1S/C20H30O3/c1-6-7-11-20(12-10-17(21)14(2)15(20)3)16-8-9-18(22-4)19(13-16)23-5/h8-9,13-15H,6-7,10-12H2,1-5H3/t14?,15?,20-/m0/s1. The molecule has 0 heterocycles. The molecule has 128 valence electrons. The van der Waals surface area contributed by atoms with E-state index in [1.165, 1.54) is 18.4 Å². The Bertz CT molecular complexity index is 552. The molecule has 1 aliphatic carbocycles. The molecule has 23 heavy (non-hydrogen) atoms. The second-order valence-electron chi connectivity index (χ2n) is 6.87. The third-order valence-corrected chi connectivity index (χ3v) is 5.88. The second-order valence-corrected chi connectivity index (χ2v) is 6.87. The Balaban J connectivity index is 2.48. The van der Waals surface area contributed by atoms with E-state index in [0.29, 0.717) is 18.1 Å². The molecule has 0 amide bonds. The van der Waals surface area contributed by atoms with Crippen molar-refractivity contribution >= 4 is 5.78 Å². The molecule has 0 radical (unpaired) electrons. The fourth-order valence-corrected chi connectivity index (χ4v) is 4.10. The number of ketones is 1. The molecule has 1 aromatic rings. The number of Topliss-reactive ketones (excluding diaryl/α,β-unsaturated/α-hetero) is 1. The quantitative estimate of drug-likeness (QED) is 0.758. The fraction of sp³-hybridized carbons (Fsp3) is 0.650. The van der Waals surface area contributed by atoms with Crippen molar-refractivity contribution in [1.82, 2.24) is 0 Å². The first-order valence-electron chi connectivity index (χ1n) is 8.75. The van der Waals surface area contributed by atoms with E-state index >= 15 is 0 Å². The summed E-state index contributed by atoms with van der Waals surface area (Å²) in [5, 5.41) is 0. The van der Waals surface area contributed by atoms with Gasteiger partial charge in [0.25, 0.3) is 0 Å². The highest BCUT2D eigenvalue weighted by atomic mass is 16.5. The number of ether oxygens (including phenoxy) is 2. The lowest BCUT2D eigenvalue weighted by Crippen LogP contribution is -2.44. The Morgan fingerprint density at radius 3 is 2.48 bits per heavy atom. The van der Waals surface area contributed by atoms with Crippen LogP contribution in [0, 0.1) is 11.8 Å². The molecule has 0 saturated heterocycles. The zero-order valence-electron chi connectivity index (χ0n) is 15.1. The minimum Gasteiger partial charge on any atom is -0.493 e. The first kappa shape index (κ1) is 17.8. The predicted octanol–water partition coefficient (Wildman–Crippen LogP) is 4.77. The Labute approximate surface area is 140 Å². The van der Waals surface area contributed by atoms with E-state index in [4.69, 9.17) is 9.47 Å². The van der Waals surface area contributed by atoms with Gasteiger partial charge in [-0.15, -0.1) is 0 Å². The van der Waals surface area contributed by atoms with Gasteiger partial charge in [-0.2, -0.15) is 0 Å².